The van der Waals surface area contributed by atoms with Crippen LogP contribution < -0.4 is 5.32 Å². The third-order valence-corrected chi connectivity index (χ3v) is 2.76. The average Bonchev–Trinajstić information content (AvgIpc) is 3.04. The molecule has 0 aliphatic heterocycles. The molecule has 0 radical (unpaired) electrons. The number of nitrogens with one attached hydrogen (secondary N) is 1. The van der Waals surface area contributed by atoms with Crippen molar-refractivity contribution in [3.05, 3.63) is 29.8 Å². The van der Waals surface area contributed by atoms with Gasteiger partial charge in [-0.25, -0.2) is 0 Å². The monoisotopic (exact) mass is 218 g/mol. The standard InChI is InChI=1S/C13H18N2O/c1-15(2)13(16)9-10-3-5-11(6-4-10)14-12-7-8-12/h3-6,12,14H,7-9H2,1-2H3. The molecule has 86 valence electrons. The molecular weight excluding hydrogens is 200 g/mol. The van der Waals surface area contributed by atoms with E-state index in [1.165, 1.54) is 12.8 Å². The van der Waals surface area contributed by atoms with Gasteiger partial charge >= 0.3 is 0 Å². The van der Waals surface area contributed by atoms with E-state index in [1.54, 1.807) is 19.0 Å². The Hall–Kier alpha value is -1.51. The summed E-state index contributed by atoms with van der Waals surface area (Å²) in [5, 5.41) is 3.42. The van der Waals surface area contributed by atoms with Crippen molar-refractivity contribution in [1.82, 2.24) is 4.90 Å². The van der Waals surface area contributed by atoms with Gasteiger partial charge in [0, 0.05) is 25.8 Å². The van der Waals surface area contributed by atoms with Gasteiger partial charge in [0.2, 0.25) is 5.91 Å². The molecule has 1 amide bonds. The zero-order valence-corrected chi connectivity index (χ0v) is 9.86. The molecule has 0 aromatic heterocycles. The molecule has 3 heteroatoms. The van der Waals surface area contributed by atoms with Crippen LogP contribution in [0.1, 0.15) is 18.4 Å². The van der Waals surface area contributed by atoms with E-state index < -0.39 is 0 Å². The molecule has 0 heterocycles. The van der Waals surface area contributed by atoms with Crippen LogP contribution in [0.3, 0.4) is 0 Å². The van der Waals surface area contributed by atoms with Crippen molar-refractivity contribution in [3.8, 4) is 0 Å². The summed E-state index contributed by atoms with van der Waals surface area (Å²) in [6.45, 7) is 0. The molecule has 0 saturated heterocycles. The minimum Gasteiger partial charge on any atom is -0.382 e. The number of anilines is 1. The Morgan fingerprint density at radius 3 is 2.44 bits per heavy atom. The van der Waals surface area contributed by atoms with Crippen LogP contribution in [0.5, 0.6) is 0 Å². The molecule has 1 aromatic carbocycles. The zero-order valence-electron chi connectivity index (χ0n) is 9.86. The van der Waals surface area contributed by atoms with Crippen molar-refractivity contribution in [2.24, 2.45) is 0 Å². The van der Waals surface area contributed by atoms with Crippen LogP contribution in [0, 0.1) is 0 Å². The van der Waals surface area contributed by atoms with Gasteiger partial charge in [0.05, 0.1) is 6.42 Å². The van der Waals surface area contributed by atoms with Crippen molar-refractivity contribution >= 4 is 11.6 Å². The summed E-state index contributed by atoms with van der Waals surface area (Å²) in [6.07, 6.45) is 3.04. The number of nitrogens with zero attached hydrogens (tertiary/aromatic N) is 1. The highest BCUT2D eigenvalue weighted by Gasteiger charge is 2.20. The number of likely N-dealkylation sites (N-methyl/N-ethyl adjacent to an activating group) is 1. The Morgan fingerprint density at radius 1 is 1.31 bits per heavy atom. The minimum absolute atomic E-state index is 0.142. The van der Waals surface area contributed by atoms with E-state index in [2.05, 4.69) is 17.4 Å². The Morgan fingerprint density at radius 2 is 1.94 bits per heavy atom. The van der Waals surface area contributed by atoms with Gasteiger partial charge in [-0.15, -0.1) is 0 Å². The van der Waals surface area contributed by atoms with Crippen LogP contribution in [0.2, 0.25) is 0 Å². The number of carbonyl (C=O) groups is 1. The lowest BCUT2D eigenvalue weighted by Gasteiger charge is -2.10. The molecular formula is C13H18N2O. The number of benzene rings is 1. The number of amides is 1. The highest BCUT2D eigenvalue weighted by molar-refractivity contribution is 5.78. The first-order valence-electron chi connectivity index (χ1n) is 5.71. The van der Waals surface area contributed by atoms with Crippen molar-refractivity contribution in [3.63, 3.8) is 0 Å². The molecule has 1 saturated carbocycles. The molecule has 1 aliphatic carbocycles. The van der Waals surface area contributed by atoms with Crippen LogP contribution in [0.4, 0.5) is 5.69 Å². The first kappa shape index (κ1) is 11.0. The van der Waals surface area contributed by atoms with Gasteiger partial charge in [-0.1, -0.05) is 12.1 Å². The average molecular weight is 218 g/mol. The summed E-state index contributed by atoms with van der Waals surface area (Å²) >= 11 is 0. The second-order valence-corrected chi connectivity index (χ2v) is 4.58. The van der Waals surface area contributed by atoms with E-state index in [0.717, 1.165) is 11.3 Å². The summed E-state index contributed by atoms with van der Waals surface area (Å²) < 4.78 is 0. The number of rotatable bonds is 4. The summed E-state index contributed by atoms with van der Waals surface area (Å²) in [4.78, 5) is 13.1. The maximum Gasteiger partial charge on any atom is 0.226 e. The fourth-order valence-electron chi connectivity index (χ4n) is 1.51. The third kappa shape index (κ3) is 2.99. The van der Waals surface area contributed by atoms with Gasteiger partial charge in [-0.2, -0.15) is 0 Å². The summed E-state index contributed by atoms with van der Waals surface area (Å²) in [5.41, 5.74) is 2.23. The van der Waals surface area contributed by atoms with Gasteiger partial charge in [-0.3, -0.25) is 4.79 Å². The van der Waals surface area contributed by atoms with E-state index in [0.29, 0.717) is 12.5 Å². The molecule has 1 aromatic rings. The number of hydrogen-bond donors (Lipinski definition) is 1. The quantitative estimate of drug-likeness (QED) is 0.837. The van der Waals surface area contributed by atoms with Crippen LogP contribution in [-0.2, 0) is 11.2 Å². The predicted octanol–water partition coefficient (Wildman–Crippen LogP) is 1.89. The number of hydrogen-bond acceptors (Lipinski definition) is 2. The van der Waals surface area contributed by atoms with Crippen molar-refractivity contribution in [2.45, 2.75) is 25.3 Å². The molecule has 2 rings (SSSR count). The lowest BCUT2D eigenvalue weighted by molar-refractivity contribution is -0.127. The van der Waals surface area contributed by atoms with Gasteiger partial charge in [0.25, 0.3) is 0 Å². The second-order valence-electron chi connectivity index (χ2n) is 4.58. The predicted molar refractivity (Wildman–Crippen MR) is 65.5 cm³/mol. The molecule has 16 heavy (non-hydrogen) atoms. The molecule has 0 spiro atoms. The Labute approximate surface area is 96.5 Å². The maximum absolute atomic E-state index is 11.5. The van der Waals surface area contributed by atoms with Gasteiger partial charge in [0.15, 0.2) is 0 Å². The molecule has 0 atom stereocenters. The molecule has 3 nitrogen and oxygen atoms in total. The van der Waals surface area contributed by atoms with E-state index in [1.807, 2.05) is 12.1 Å². The fraction of sp³-hybridized carbons (Fsp3) is 0.462. The highest BCUT2D eigenvalue weighted by atomic mass is 16.2. The van der Waals surface area contributed by atoms with E-state index in [4.69, 9.17) is 0 Å². The molecule has 1 fully saturated rings. The van der Waals surface area contributed by atoms with Gasteiger partial charge in [0.1, 0.15) is 0 Å². The van der Waals surface area contributed by atoms with Crippen molar-refractivity contribution in [2.75, 3.05) is 19.4 Å². The molecule has 0 unspecified atom stereocenters. The van der Waals surface area contributed by atoms with Crippen LogP contribution >= 0.6 is 0 Å². The smallest absolute Gasteiger partial charge is 0.226 e. The Kier molecular flexibility index (Phi) is 3.13. The van der Waals surface area contributed by atoms with E-state index >= 15 is 0 Å². The Bertz CT molecular complexity index is 366. The maximum atomic E-state index is 11.5. The number of carbonyl (C=O) groups excluding carboxylic acids is 1. The summed E-state index contributed by atoms with van der Waals surface area (Å²) in [7, 11) is 3.57. The zero-order chi connectivity index (χ0) is 11.5. The summed E-state index contributed by atoms with van der Waals surface area (Å²) in [6, 6.07) is 8.82. The topological polar surface area (TPSA) is 32.3 Å². The highest BCUT2D eigenvalue weighted by Crippen LogP contribution is 2.24. The lowest BCUT2D eigenvalue weighted by atomic mass is 10.1. The van der Waals surface area contributed by atoms with Gasteiger partial charge < -0.3 is 10.2 Å². The first-order valence-corrected chi connectivity index (χ1v) is 5.71. The first-order chi connectivity index (χ1) is 7.65. The Balaban J connectivity index is 1.93. The third-order valence-electron chi connectivity index (χ3n) is 2.76. The lowest BCUT2D eigenvalue weighted by Crippen LogP contribution is -2.23. The molecule has 1 N–H and O–H groups in total. The van der Waals surface area contributed by atoms with E-state index in [9.17, 15) is 4.79 Å². The van der Waals surface area contributed by atoms with Crippen LogP contribution in [0.15, 0.2) is 24.3 Å². The largest absolute Gasteiger partial charge is 0.382 e. The minimum atomic E-state index is 0.142. The fourth-order valence-corrected chi connectivity index (χ4v) is 1.51. The SMILES string of the molecule is CN(C)C(=O)Cc1ccc(NC2CC2)cc1. The molecule has 1 aliphatic rings. The molecule has 0 bridgehead atoms. The van der Waals surface area contributed by atoms with Gasteiger partial charge in [-0.05, 0) is 30.5 Å². The van der Waals surface area contributed by atoms with Crippen LogP contribution in [-0.4, -0.2) is 30.9 Å². The second kappa shape index (κ2) is 4.56. The van der Waals surface area contributed by atoms with Crippen molar-refractivity contribution < 1.29 is 4.79 Å². The normalized spacial score (nSPS) is 14.6. The van der Waals surface area contributed by atoms with Crippen LogP contribution in [0.25, 0.3) is 0 Å². The van der Waals surface area contributed by atoms with E-state index in [-0.39, 0.29) is 5.91 Å². The van der Waals surface area contributed by atoms with Crippen molar-refractivity contribution in [1.29, 1.82) is 0 Å². The summed E-state index contributed by atoms with van der Waals surface area (Å²) in [5.74, 6) is 0.142.